The first-order valence-corrected chi connectivity index (χ1v) is 7.08. The molecule has 0 unspecified atom stereocenters. The summed E-state index contributed by atoms with van der Waals surface area (Å²) in [6, 6.07) is 2.26. The van der Waals surface area contributed by atoms with E-state index < -0.39 is 11.6 Å². The van der Waals surface area contributed by atoms with Gasteiger partial charge in [-0.3, -0.25) is 4.68 Å². The Hall–Kier alpha value is -1.43. The summed E-state index contributed by atoms with van der Waals surface area (Å²) >= 11 is 3.05. The van der Waals surface area contributed by atoms with E-state index in [1.807, 2.05) is 13.2 Å². The maximum absolute atomic E-state index is 13.7. The molecule has 2 rings (SSSR count). The SMILES string of the molecule is CC(C)c1nn(C)cc1CNc1cc(Br)c(F)cc1F. The molecule has 0 saturated carbocycles. The molecule has 0 fully saturated rings. The molecule has 0 saturated heterocycles. The minimum atomic E-state index is -0.614. The Morgan fingerprint density at radius 3 is 2.65 bits per heavy atom. The summed E-state index contributed by atoms with van der Waals surface area (Å²) in [7, 11) is 1.85. The van der Waals surface area contributed by atoms with Crippen molar-refractivity contribution < 1.29 is 8.78 Å². The second kappa shape index (κ2) is 5.91. The summed E-state index contributed by atoms with van der Waals surface area (Å²) in [5.74, 6) is -0.934. The van der Waals surface area contributed by atoms with Crippen LogP contribution in [0.5, 0.6) is 0 Å². The third-order valence-corrected chi connectivity index (χ3v) is 3.57. The fourth-order valence-electron chi connectivity index (χ4n) is 2.03. The van der Waals surface area contributed by atoms with Gasteiger partial charge in [-0.1, -0.05) is 13.8 Å². The topological polar surface area (TPSA) is 29.9 Å². The average Bonchev–Trinajstić information content (AvgIpc) is 2.74. The molecule has 20 heavy (non-hydrogen) atoms. The van der Waals surface area contributed by atoms with E-state index in [-0.39, 0.29) is 16.1 Å². The van der Waals surface area contributed by atoms with Crippen LogP contribution in [0.15, 0.2) is 22.8 Å². The molecule has 2 aromatic rings. The number of nitrogens with zero attached hydrogens (tertiary/aromatic N) is 2. The number of halogens is 3. The van der Waals surface area contributed by atoms with Gasteiger partial charge < -0.3 is 5.32 Å². The molecular weight excluding hydrogens is 328 g/mol. The van der Waals surface area contributed by atoms with Crippen LogP contribution in [0.25, 0.3) is 0 Å². The van der Waals surface area contributed by atoms with Gasteiger partial charge in [0.05, 0.1) is 15.9 Å². The molecule has 1 aromatic carbocycles. The summed E-state index contributed by atoms with van der Waals surface area (Å²) < 4.78 is 28.8. The van der Waals surface area contributed by atoms with E-state index in [1.165, 1.54) is 6.07 Å². The standard InChI is InChI=1S/C14H16BrF2N3/c1-8(2)14-9(7-20(3)19-14)6-18-13-4-10(15)11(16)5-12(13)17/h4-5,7-8,18H,6H2,1-3H3. The lowest BCUT2D eigenvalue weighted by Gasteiger charge is -2.10. The molecule has 0 aliphatic carbocycles. The van der Waals surface area contributed by atoms with Crippen molar-refractivity contribution in [1.82, 2.24) is 9.78 Å². The van der Waals surface area contributed by atoms with Crippen LogP contribution in [0.1, 0.15) is 31.0 Å². The third-order valence-electron chi connectivity index (χ3n) is 2.96. The molecule has 0 amide bonds. The first-order valence-electron chi connectivity index (χ1n) is 6.29. The fourth-order valence-corrected chi connectivity index (χ4v) is 2.37. The first kappa shape index (κ1) is 15.0. The first-order chi connectivity index (χ1) is 9.38. The highest BCUT2D eigenvalue weighted by atomic mass is 79.9. The van der Waals surface area contributed by atoms with E-state index in [1.54, 1.807) is 4.68 Å². The number of rotatable bonds is 4. The van der Waals surface area contributed by atoms with E-state index in [4.69, 9.17) is 0 Å². The van der Waals surface area contributed by atoms with E-state index in [0.29, 0.717) is 6.54 Å². The van der Waals surface area contributed by atoms with Crippen LogP contribution in [0.3, 0.4) is 0 Å². The van der Waals surface area contributed by atoms with Gasteiger partial charge in [-0.05, 0) is 27.9 Å². The van der Waals surface area contributed by atoms with Crippen LogP contribution >= 0.6 is 15.9 Å². The Labute approximate surface area is 125 Å². The molecule has 108 valence electrons. The molecule has 0 atom stereocenters. The maximum atomic E-state index is 13.7. The van der Waals surface area contributed by atoms with Crippen LogP contribution in [-0.2, 0) is 13.6 Å². The normalized spacial score (nSPS) is 11.2. The molecule has 1 heterocycles. The van der Waals surface area contributed by atoms with Gasteiger partial charge in [-0.2, -0.15) is 5.10 Å². The van der Waals surface area contributed by atoms with Crippen molar-refractivity contribution in [2.45, 2.75) is 26.3 Å². The number of anilines is 1. The smallest absolute Gasteiger partial charge is 0.149 e. The zero-order valence-electron chi connectivity index (χ0n) is 11.5. The zero-order chi connectivity index (χ0) is 14.9. The van der Waals surface area contributed by atoms with Crippen LogP contribution < -0.4 is 5.32 Å². The molecule has 0 radical (unpaired) electrons. The molecule has 0 bridgehead atoms. The number of aryl methyl sites for hydroxylation is 1. The van der Waals surface area contributed by atoms with E-state index in [0.717, 1.165) is 17.3 Å². The van der Waals surface area contributed by atoms with Gasteiger partial charge in [0.2, 0.25) is 0 Å². The van der Waals surface area contributed by atoms with E-state index >= 15 is 0 Å². The Morgan fingerprint density at radius 1 is 1.30 bits per heavy atom. The van der Waals surface area contributed by atoms with Gasteiger partial charge >= 0.3 is 0 Å². The van der Waals surface area contributed by atoms with Crippen molar-refractivity contribution in [3.8, 4) is 0 Å². The van der Waals surface area contributed by atoms with Crippen molar-refractivity contribution in [2.75, 3.05) is 5.32 Å². The average molecular weight is 344 g/mol. The molecular formula is C14H16BrF2N3. The number of benzene rings is 1. The van der Waals surface area contributed by atoms with E-state index in [9.17, 15) is 8.78 Å². The van der Waals surface area contributed by atoms with Crippen molar-refractivity contribution >= 4 is 21.6 Å². The molecule has 1 N–H and O–H groups in total. The summed E-state index contributed by atoms with van der Waals surface area (Å²) in [5.41, 5.74) is 2.24. The number of aromatic nitrogens is 2. The highest BCUT2D eigenvalue weighted by Crippen LogP contribution is 2.25. The summed E-state index contributed by atoms with van der Waals surface area (Å²) in [6.07, 6.45) is 1.90. The van der Waals surface area contributed by atoms with Crippen molar-refractivity contribution in [2.24, 2.45) is 7.05 Å². The van der Waals surface area contributed by atoms with Gasteiger partial charge in [0, 0.05) is 31.4 Å². The Morgan fingerprint density at radius 2 is 2.00 bits per heavy atom. The van der Waals surface area contributed by atoms with Gasteiger partial charge in [0.25, 0.3) is 0 Å². The second-order valence-electron chi connectivity index (χ2n) is 4.97. The molecule has 6 heteroatoms. The highest BCUT2D eigenvalue weighted by molar-refractivity contribution is 9.10. The molecule has 0 aliphatic rings. The fraction of sp³-hybridized carbons (Fsp3) is 0.357. The quantitative estimate of drug-likeness (QED) is 0.843. The lowest BCUT2D eigenvalue weighted by Crippen LogP contribution is -2.04. The second-order valence-corrected chi connectivity index (χ2v) is 5.82. The summed E-state index contributed by atoms with van der Waals surface area (Å²) in [4.78, 5) is 0. The Kier molecular flexibility index (Phi) is 4.42. The van der Waals surface area contributed by atoms with Crippen LogP contribution in [-0.4, -0.2) is 9.78 Å². The molecule has 0 aliphatic heterocycles. The lowest BCUT2D eigenvalue weighted by molar-refractivity contribution is 0.580. The number of nitrogens with one attached hydrogen (secondary N) is 1. The third kappa shape index (κ3) is 3.17. The van der Waals surface area contributed by atoms with Crippen molar-refractivity contribution in [1.29, 1.82) is 0 Å². The predicted octanol–water partition coefficient (Wildman–Crippen LogP) is 4.20. The zero-order valence-corrected chi connectivity index (χ0v) is 13.1. The van der Waals surface area contributed by atoms with Crippen molar-refractivity contribution in [3.63, 3.8) is 0 Å². The monoisotopic (exact) mass is 343 g/mol. The predicted molar refractivity (Wildman–Crippen MR) is 78.7 cm³/mol. The minimum absolute atomic E-state index is 0.233. The highest BCUT2D eigenvalue weighted by Gasteiger charge is 2.13. The summed E-state index contributed by atoms with van der Waals surface area (Å²) in [5, 5.41) is 7.37. The number of hydrogen-bond donors (Lipinski definition) is 1. The van der Waals surface area contributed by atoms with E-state index in [2.05, 4.69) is 40.2 Å². The summed E-state index contributed by atoms with van der Waals surface area (Å²) in [6.45, 7) is 4.55. The van der Waals surface area contributed by atoms with Crippen LogP contribution in [0.4, 0.5) is 14.5 Å². The Bertz CT molecular complexity index is 623. The Balaban J connectivity index is 2.19. The van der Waals surface area contributed by atoms with Gasteiger partial charge in [0.15, 0.2) is 0 Å². The van der Waals surface area contributed by atoms with Gasteiger partial charge in [0.1, 0.15) is 11.6 Å². The van der Waals surface area contributed by atoms with Crippen LogP contribution in [0, 0.1) is 11.6 Å². The molecule has 0 spiro atoms. The number of hydrogen-bond acceptors (Lipinski definition) is 2. The van der Waals surface area contributed by atoms with Gasteiger partial charge in [-0.15, -0.1) is 0 Å². The minimum Gasteiger partial charge on any atom is -0.378 e. The van der Waals surface area contributed by atoms with Crippen LogP contribution in [0.2, 0.25) is 0 Å². The molecule has 3 nitrogen and oxygen atoms in total. The van der Waals surface area contributed by atoms with Gasteiger partial charge in [-0.25, -0.2) is 8.78 Å². The molecule has 1 aromatic heterocycles. The largest absolute Gasteiger partial charge is 0.378 e. The van der Waals surface area contributed by atoms with Crippen molar-refractivity contribution in [3.05, 3.63) is 45.7 Å². The lowest BCUT2D eigenvalue weighted by atomic mass is 10.1. The maximum Gasteiger partial charge on any atom is 0.149 e.